The SMILES string of the molecule is O=S(=O)(NCc1cncs1)c1ccccc1C#CCCO. The second-order valence-electron chi connectivity index (χ2n) is 4.06. The normalized spacial score (nSPS) is 10.9. The number of rotatable bonds is 5. The summed E-state index contributed by atoms with van der Waals surface area (Å²) < 4.78 is 27.2. The van der Waals surface area contributed by atoms with E-state index in [2.05, 4.69) is 21.5 Å². The van der Waals surface area contributed by atoms with Gasteiger partial charge in [0.1, 0.15) is 0 Å². The number of hydrogen-bond donors (Lipinski definition) is 2. The number of hydrogen-bond acceptors (Lipinski definition) is 5. The summed E-state index contributed by atoms with van der Waals surface area (Å²) in [5, 5.41) is 8.73. The van der Waals surface area contributed by atoms with Crippen LogP contribution >= 0.6 is 11.3 Å². The quantitative estimate of drug-likeness (QED) is 0.815. The molecule has 110 valence electrons. The molecule has 0 unspecified atom stereocenters. The molecule has 1 heterocycles. The van der Waals surface area contributed by atoms with Crippen LogP contribution in [0, 0.1) is 11.8 Å². The fourth-order valence-electron chi connectivity index (χ4n) is 1.59. The van der Waals surface area contributed by atoms with Crippen LogP contribution in [0.25, 0.3) is 0 Å². The average Bonchev–Trinajstić information content (AvgIpc) is 2.99. The topological polar surface area (TPSA) is 79.3 Å². The molecule has 5 nitrogen and oxygen atoms in total. The van der Waals surface area contributed by atoms with Gasteiger partial charge in [-0.05, 0) is 12.1 Å². The third-order valence-corrected chi connectivity index (χ3v) is 4.80. The van der Waals surface area contributed by atoms with E-state index in [1.165, 1.54) is 17.4 Å². The molecule has 0 bridgehead atoms. The molecule has 0 radical (unpaired) electrons. The van der Waals surface area contributed by atoms with Crippen molar-refractivity contribution in [2.45, 2.75) is 17.9 Å². The van der Waals surface area contributed by atoms with Crippen molar-refractivity contribution in [2.24, 2.45) is 0 Å². The first kappa shape index (κ1) is 15.7. The number of aromatic nitrogens is 1. The molecule has 0 aliphatic carbocycles. The van der Waals surface area contributed by atoms with Gasteiger partial charge in [-0.2, -0.15) is 0 Å². The van der Waals surface area contributed by atoms with E-state index < -0.39 is 10.0 Å². The molecule has 0 fully saturated rings. The summed E-state index contributed by atoms with van der Waals surface area (Å²) in [6.45, 7) is 0.150. The zero-order valence-corrected chi connectivity index (χ0v) is 12.7. The number of thiazole rings is 1. The maximum atomic E-state index is 12.3. The van der Waals surface area contributed by atoms with E-state index in [0.29, 0.717) is 12.0 Å². The number of aliphatic hydroxyl groups is 1. The molecule has 0 aliphatic rings. The van der Waals surface area contributed by atoms with E-state index in [0.717, 1.165) is 4.88 Å². The van der Waals surface area contributed by atoms with E-state index in [4.69, 9.17) is 5.11 Å². The Bertz CT molecular complexity index is 744. The fraction of sp³-hybridized carbons (Fsp3) is 0.214. The number of benzene rings is 1. The van der Waals surface area contributed by atoms with Crippen molar-refractivity contribution < 1.29 is 13.5 Å². The van der Waals surface area contributed by atoms with Crippen LogP contribution in [-0.4, -0.2) is 25.1 Å². The summed E-state index contributed by atoms with van der Waals surface area (Å²) in [6, 6.07) is 6.53. The Kier molecular flexibility index (Phi) is 5.47. The lowest BCUT2D eigenvalue weighted by atomic mass is 10.2. The molecule has 2 N–H and O–H groups in total. The lowest BCUT2D eigenvalue weighted by molar-refractivity contribution is 0.305. The predicted octanol–water partition coefficient (Wildman–Crippen LogP) is 1.36. The molecule has 1 aromatic carbocycles. The first-order chi connectivity index (χ1) is 10.1. The lowest BCUT2D eigenvalue weighted by Crippen LogP contribution is -2.23. The van der Waals surface area contributed by atoms with Gasteiger partial charge < -0.3 is 5.11 Å². The summed E-state index contributed by atoms with van der Waals surface area (Å²) in [5.41, 5.74) is 2.07. The first-order valence-corrected chi connectivity index (χ1v) is 8.55. The van der Waals surface area contributed by atoms with Crippen molar-refractivity contribution >= 4 is 21.4 Å². The predicted molar refractivity (Wildman–Crippen MR) is 81.2 cm³/mol. The van der Waals surface area contributed by atoms with Crippen LogP contribution in [0.5, 0.6) is 0 Å². The van der Waals surface area contributed by atoms with Gasteiger partial charge in [-0.1, -0.05) is 24.0 Å². The summed E-state index contributed by atoms with van der Waals surface area (Å²) in [5.74, 6) is 5.51. The molecule has 1 aromatic heterocycles. The first-order valence-electron chi connectivity index (χ1n) is 6.19. The van der Waals surface area contributed by atoms with Crippen molar-refractivity contribution in [3.63, 3.8) is 0 Å². The van der Waals surface area contributed by atoms with Gasteiger partial charge in [-0.3, -0.25) is 4.98 Å². The summed E-state index contributed by atoms with van der Waals surface area (Å²) in [4.78, 5) is 4.88. The Morgan fingerprint density at radius 2 is 2.14 bits per heavy atom. The minimum Gasteiger partial charge on any atom is -0.395 e. The van der Waals surface area contributed by atoms with Crippen LogP contribution < -0.4 is 4.72 Å². The molecule has 0 aliphatic heterocycles. The molecule has 0 amide bonds. The molecular weight excluding hydrogens is 308 g/mol. The van der Waals surface area contributed by atoms with Gasteiger partial charge in [0, 0.05) is 29.6 Å². The molecule has 2 aromatic rings. The van der Waals surface area contributed by atoms with Crippen LogP contribution in [0.15, 0.2) is 40.9 Å². The van der Waals surface area contributed by atoms with Crippen molar-refractivity contribution in [1.29, 1.82) is 0 Å². The Balaban J connectivity index is 2.21. The van der Waals surface area contributed by atoms with Gasteiger partial charge in [0.15, 0.2) is 0 Å². The number of aliphatic hydroxyl groups excluding tert-OH is 1. The Labute approximate surface area is 127 Å². The number of nitrogens with zero attached hydrogens (tertiary/aromatic N) is 1. The highest BCUT2D eigenvalue weighted by atomic mass is 32.2. The maximum Gasteiger partial charge on any atom is 0.242 e. The highest BCUT2D eigenvalue weighted by molar-refractivity contribution is 7.89. The number of nitrogens with one attached hydrogen (secondary N) is 1. The van der Waals surface area contributed by atoms with E-state index >= 15 is 0 Å². The van der Waals surface area contributed by atoms with Gasteiger partial charge >= 0.3 is 0 Å². The maximum absolute atomic E-state index is 12.3. The zero-order chi connectivity index (χ0) is 15.1. The largest absolute Gasteiger partial charge is 0.395 e. The fourth-order valence-corrected chi connectivity index (χ4v) is 3.38. The minimum atomic E-state index is -3.64. The van der Waals surface area contributed by atoms with E-state index in [1.807, 2.05) is 0 Å². The summed E-state index contributed by atoms with van der Waals surface area (Å²) in [6.07, 6.45) is 1.93. The zero-order valence-electron chi connectivity index (χ0n) is 11.1. The van der Waals surface area contributed by atoms with E-state index in [9.17, 15) is 8.42 Å². The molecule has 7 heteroatoms. The number of sulfonamides is 1. The monoisotopic (exact) mass is 322 g/mol. The molecular formula is C14H14N2O3S2. The van der Waals surface area contributed by atoms with Gasteiger partial charge in [-0.15, -0.1) is 11.3 Å². The van der Waals surface area contributed by atoms with Crippen LogP contribution in [-0.2, 0) is 16.6 Å². The van der Waals surface area contributed by atoms with Crippen LogP contribution in [0.4, 0.5) is 0 Å². The van der Waals surface area contributed by atoms with Crippen LogP contribution in [0.1, 0.15) is 16.9 Å². The highest BCUT2D eigenvalue weighted by Gasteiger charge is 2.17. The van der Waals surface area contributed by atoms with Crippen molar-refractivity contribution in [3.05, 3.63) is 46.4 Å². The summed E-state index contributed by atoms with van der Waals surface area (Å²) >= 11 is 1.39. The van der Waals surface area contributed by atoms with Gasteiger partial charge in [0.05, 0.1) is 17.0 Å². The third-order valence-electron chi connectivity index (χ3n) is 2.56. The smallest absolute Gasteiger partial charge is 0.242 e. The molecule has 0 atom stereocenters. The molecule has 21 heavy (non-hydrogen) atoms. The lowest BCUT2D eigenvalue weighted by Gasteiger charge is -2.07. The van der Waals surface area contributed by atoms with Crippen LogP contribution in [0.3, 0.4) is 0 Å². The Morgan fingerprint density at radius 3 is 2.86 bits per heavy atom. The van der Waals surface area contributed by atoms with Crippen LogP contribution in [0.2, 0.25) is 0 Å². The Hall–Kier alpha value is -1.72. The minimum absolute atomic E-state index is 0.0501. The van der Waals surface area contributed by atoms with Crippen molar-refractivity contribution in [3.8, 4) is 11.8 Å². The van der Waals surface area contributed by atoms with Crippen molar-refractivity contribution in [2.75, 3.05) is 6.61 Å². The standard InChI is InChI=1S/C14H14N2O3S2/c17-8-4-3-6-12-5-1-2-7-14(12)21(18,19)16-10-13-9-15-11-20-13/h1-2,5,7,9,11,16-17H,4,8,10H2. The average molecular weight is 322 g/mol. The van der Waals surface area contributed by atoms with Gasteiger partial charge in [0.2, 0.25) is 10.0 Å². The Morgan fingerprint density at radius 1 is 1.33 bits per heavy atom. The van der Waals surface area contributed by atoms with E-state index in [1.54, 1.807) is 29.9 Å². The molecule has 0 saturated carbocycles. The molecule has 0 saturated heterocycles. The van der Waals surface area contributed by atoms with E-state index in [-0.39, 0.29) is 18.0 Å². The highest BCUT2D eigenvalue weighted by Crippen LogP contribution is 2.15. The second-order valence-corrected chi connectivity index (χ2v) is 6.77. The second kappa shape index (κ2) is 7.33. The third kappa shape index (κ3) is 4.37. The summed E-state index contributed by atoms with van der Waals surface area (Å²) in [7, 11) is -3.64. The molecule has 0 spiro atoms. The van der Waals surface area contributed by atoms with Gasteiger partial charge in [0.25, 0.3) is 0 Å². The van der Waals surface area contributed by atoms with Crippen molar-refractivity contribution in [1.82, 2.24) is 9.71 Å². The van der Waals surface area contributed by atoms with Gasteiger partial charge in [-0.25, -0.2) is 13.1 Å². The molecule has 2 rings (SSSR count).